The molecule has 174 valence electrons. The first kappa shape index (κ1) is 22.0. The zero-order valence-electron chi connectivity index (χ0n) is 19.7. The van der Waals surface area contributed by atoms with Gasteiger partial charge in [0.05, 0.1) is 17.9 Å². The summed E-state index contributed by atoms with van der Waals surface area (Å²) in [5.74, 6) is 2.84. The molecule has 0 aromatic heterocycles. The minimum absolute atomic E-state index is 0.0417. The summed E-state index contributed by atoms with van der Waals surface area (Å²) in [4.78, 5) is 26.6. The highest BCUT2D eigenvalue weighted by atomic mass is 16.5. The van der Waals surface area contributed by atoms with Gasteiger partial charge < -0.3 is 14.8 Å². The van der Waals surface area contributed by atoms with Crippen LogP contribution in [-0.4, -0.2) is 25.0 Å². The van der Waals surface area contributed by atoms with E-state index in [-0.39, 0.29) is 17.9 Å². The normalized spacial score (nSPS) is 30.0. The molecule has 0 heterocycles. The third-order valence-electron chi connectivity index (χ3n) is 8.31. The van der Waals surface area contributed by atoms with Crippen molar-refractivity contribution in [3.05, 3.63) is 60.2 Å². The molecular weight excluding hydrogens is 414 g/mol. The average molecular weight is 448 g/mol. The van der Waals surface area contributed by atoms with E-state index in [2.05, 4.69) is 5.32 Å². The van der Waals surface area contributed by atoms with Gasteiger partial charge in [-0.2, -0.15) is 0 Å². The lowest BCUT2D eigenvalue weighted by molar-refractivity contribution is -0.175. The molecule has 2 aromatic rings. The van der Waals surface area contributed by atoms with Gasteiger partial charge in [0.15, 0.2) is 0 Å². The maximum atomic E-state index is 13.6. The third-order valence-corrected chi connectivity index (χ3v) is 8.31. The van der Waals surface area contributed by atoms with Crippen LogP contribution in [0.3, 0.4) is 0 Å². The van der Waals surface area contributed by atoms with Crippen LogP contribution in [0.1, 0.15) is 51.5 Å². The average Bonchev–Trinajstić information content (AvgIpc) is 2.81. The van der Waals surface area contributed by atoms with Gasteiger partial charge in [-0.15, -0.1) is 0 Å². The summed E-state index contributed by atoms with van der Waals surface area (Å²) in [6.45, 7) is 3.88. The van der Waals surface area contributed by atoms with Crippen LogP contribution in [0, 0.1) is 23.2 Å². The fourth-order valence-electron chi connectivity index (χ4n) is 6.81. The molecule has 4 bridgehead atoms. The number of hydrogen-bond donors (Lipinski definition) is 1. The van der Waals surface area contributed by atoms with Crippen LogP contribution in [0.15, 0.2) is 54.6 Å². The molecule has 0 spiro atoms. The molecule has 1 N–H and O–H groups in total. The van der Waals surface area contributed by atoms with E-state index >= 15 is 0 Å². The summed E-state index contributed by atoms with van der Waals surface area (Å²) in [5, 5.41) is 3.34. The summed E-state index contributed by atoms with van der Waals surface area (Å²) in [7, 11) is 1.48. The Kier molecular flexibility index (Phi) is 5.46. The molecule has 0 radical (unpaired) electrons. The highest BCUT2D eigenvalue weighted by Crippen LogP contribution is 2.60. The number of benzene rings is 2. The third kappa shape index (κ3) is 3.81. The lowest BCUT2D eigenvalue weighted by atomic mass is 9.47. The Bertz CT molecular complexity index is 1020. The Balaban J connectivity index is 1.34. The van der Waals surface area contributed by atoms with Gasteiger partial charge in [0.25, 0.3) is 0 Å². The van der Waals surface area contributed by atoms with E-state index < -0.39 is 10.8 Å². The van der Waals surface area contributed by atoms with Crippen molar-refractivity contribution in [2.75, 3.05) is 7.11 Å². The zero-order valence-corrected chi connectivity index (χ0v) is 19.7. The number of nitrogens with one attached hydrogen (secondary N) is 1. The predicted molar refractivity (Wildman–Crippen MR) is 126 cm³/mol. The number of amides is 1. The molecule has 3 atom stereocenters. The van der Waals surface area contributed by atoms with E-state index in [4.69, 9.17) is 9.47 Å². The van der Waals surface area contributed by atoms with Crippen molar-refractivity contribution in [2.24, 2.45) is 23.2 Å². The van der Waals surface area contributed by atoms with Crippen LogP contribution in [0.2, 0.25) is 0 Å². The maximum absolute atomic E-state index is 13.6. The summed E-state index contributed by atoms with van der Waals surface area (Å²) < 4.78 is 11.2. The first-order chi connectivity index (χ1) is 15.8. The molecule has 4 aliphatic carbocycles. The van der Waals surface area contributed by atoms with E-state index in [0.717, 1.165) is 42.7 Å². The van der Waals surface area contributed by atoms with Crippen LogP contribution in [0.4, 0.5) is 0 Å². The number of esters is 1. The Labute approximate surface area is 195 Å². The molecule has 3 unspecified atom stereocenters. The van der Waals surface area contributed by atoms with Gasteiger partial charge in [-0.3, -0.25) is 9.59 Å². The molecule has 33 heavy (non-hydrogen) atoms. The predicted octanol–water partition coefficient (Wildman–Crippen LogP) is 5.24. The summed E-state index contributed by atoms with van der Waals surface area (Å²) in [5.41, 5.74) is -0.392. The maximum Gasteiger partial charge on any atom is 0.313 e. The number of para-hydroxylation sites is 1. The summed E-state index contributed by atoms with van der Waals surface area (Å²) in [6.07, 6.45) is 5.10. The molecule has 0 saturated heterocycles. The monoisotopic (exact) mass is 447 g/mol. The topological polar surface area (TPSA) is 64.6 Å². The van der Waals surface area contributed by atoms with Gasteiger partial charge >= 0.3 is 5.97 Å². The van der Waals surface area contributed by atoms with Crippen molar-refractivity contribution in [2.45, 2.75) is 57.4 Å². The van der Waals surface area contributed by atoms with Crippen molar-refractivity contribution in [1.29, 1.82) is 0 Å². The summed E-state index contributed by atoms with van der Waals surface area (Å²) >= 11 is 0. The van der Waals surface area contributed by atoms with Crippen LogP contribution < -0.4 is 10.1 Å². The largest absolute Gasteiger partial charge is 0.469 e. The molecule has 4 saturated carbocycles. The van der Waals surface area contributed by atoms with E-state index in [1.54, 1.807) is 0 Å². The van der Waals surface area contributed by atoms with Crippen molar-refractivity contribution >= 4 is 11.9 Å². The molecule has 1 amide bonds. The number of carbonyl (C=O) groups is 2. The number of rotatable bonds is 6. The van der Waals surface area contributed by atoms with Gasteiger partial charge in [-0.1, -0.05) is 30.3 Å². The standard InChI is InChI=1S/C28H33NO4/c1-27(2,21-9-11-23(12-10-21)33-22-7-5-4-6-8-22)25(30)29-24-20-14-18-13-19(15-20)17-28(24,16-18)26(31)32-3/h4-12,18-20,24H,13-17H2,1-3H3,(H,29,30). The zero-order chi connectivity index (χ0) is 23.2. The highest BCUT2D eigenvalue weighted by molar-refractivity contribution is 5.89. The number of carbonyl (C=O) groups excluding carboxylic acids is 2. The van der Waals surface area contributed by atoms with Crippen LogP contribution >= 0.6 is 0 Å². The van der Waals surface area contributed by atoms with Crippen molar-refractivity contribution in [3.8, 4) is 11.5 Å². The van der Waals surface area contributed by atoms with Gasteiger partial charge in [-0.05, 0) is 93.5 Å². The lowest BCUT2D eigenvalue weighted by Crippen LogP contribution is -2.66. The second-order valence-electron chi connectivity index (χ2n) is 10.8. The minimum Gasteiger partial charge on any atom is -0.469 e. The Morgan fingerprint density at radius 2 is 1.52 bits per heavy atom. The van der Waals surface area contributed by atoms with E-state index in [9.17, 15) is 9.59 Å². The van der Waals surface area contributed by atoms with Gasteiger partial charge in [0.1, 0.15) is 11.5 Å². The fraction of sp³-hybridized carbons (Fsp3) is 0.500. The number of ether oxygens (including phenoxy) is 2. The SMILES string of the molecule is COC(=O)C12CC3CC(CC(C3)C1NC(=O)C(C)(C)c1ccc(Oc3ccccc3)cc1)C2. The lowest BCUT2D eigenvalue weighted by Gasteiger charge is -2.59. The Morgan fingerprint density at radius 3 is 2.12 bits per heavy atom. The number of methoxy groups -OCH3 is 1. The second-order valence-corrected chi connectivity index (χ2v) is 10.8. The Morgan fingerprint density at radius 1 is 0.909 bits per heavy atom. The van der Waals surface area contributed by atoms with Gasteiger partial charge in [-0.25, -0.2) is 0 Å². The molecule has 4 fully saturated rings. The molecule has 0 aliphatic heterocycles. The van der Waals surface area contributed by atoms with Crippen LogP contribution in [0.5, 0.6) is 11.5 Å². The molecular formula is C28H33NO4. The van der Waals surface area contributed by atoms with Crippen molar-refractivity contribution in [3.63, 3.8) is 0 Å². The van der Waals surface area contributed by atoms with Crippen molar-refractivity contribution in [1.82, 2.24) is 5.32 Å². The molecule has 4 aliphatic rings. The van der Waals surface area contributed by atoms with Crippen LogP contribution in [-0.2, 0) is 19.7 Å². The first-order valence-corrected chi connectivity index (χ1v) is 12.0. The summed E-state index contributed by atoms with van der Waals surface area (Å²) in [6, 6.07) is 17.2. The molecule has 2 aromatic carbocycles. The van der Waals surface area contributed by atoms with Gasteiger partial charge in [0, 0.05) is 6.04 Å². The second kappa shape index (κ2) is 8.19. The fourth-order valence-corrected chi connectivity index (χ4v) is 6.81. The van der Waals surface area contributed by atoms with Gasteiger partial charge in [0.2, 0.25) is 5.91 Å². The van der Waals surface area contributed by atoms with E-state index in [1.165, 1.54) is 13.5 Å². The van der Waals surface area contributed by atoms with E-state index in [1.807, 2.05) is 68.4 Å². The highest BCUT2D eigenvalue weighted by Gasteiger charge is 2.62. The molecule has 6 rings (SSSR count). The molecule has 5 nitrogen and oxygen atoms in total. The Hall–Kier alpha value is -2.82. The first-order valence-electron chi connectivity index (χ1n) is 12.0. The quantitative estimate of drug-likeness (QED) is 0.615. The van der Waals surface area contributed by atoms with E-state index in [0.29, 0.717) is 17.8 Å². The minimum atomic E-state index is -0.739. The smallest absolute Gasteiger partial charge is 0.313 e. The molecule has 5 heteroatoms. The van der Waals surface area contributed by atoms with Crippen molar-refractivity contribution < 1.29 is 19.1 Å². The van der Waals surface area contributed by atoms with Crippen LogP contribution in [0.25, 0.3) is 0 Å². The number of hydrogen-bond acceptors (Lipinski definition) is 4.